The number of halogens is 3. The van der Waals surface area contributed by atoms with Crippen LogP contribution in [0.5, 0.6) is 0 Å². The second-order valence-electron chi connectivity index (χ2n) is 8.78. The molecule has 0 aliphatic carbocycles. The van der Waals surface area contributed by atoms with E-state index in [1.807, 2.05) is 25.4 Å². The molecule has 1 radical (unpaired) electrons. The Morgan fingerprint density at radius 3 is 2.46 bits per heavy atom. The van der Waals surface area contributed by atoms with Crippen LogP contribution in [0.1, 0.15) is 28.3 Å². The number of nitrogens with one attached hydrogen (secondary N) is 1. The number of nitrogens with zero attached hydrogens (tertiary/aromatic N) is 8. The average molecular weight is 568 g/mol. The third-order valence-corrected chi connectivity index (χ3v) is 8.62. The minimum absolute atomic E-state index is 0.0695. The van der Waals surface area contributed by atoms with Gasteiger partial charge in [0.05, 0.1) is 0 Å². The molecule has 0 spiro atoms. The van der Waals surface area contributed by atoms with Gasteiger partial charge in [-0.1, -0.05) is 0 Å². The summed E-state index contributed by atoms with van der Waals surface area (Å²) >= 11 is -0.588. The number of piperazine rings is 1. The topological polar surface area (TPSA) is 111 Å². The number of fused-ring (bicyclic) bond motifs is 1. The van der Waals surface area contributed by atoms with Gasteiger partial charge in [0, 0.05) is 0 Å². The summed E-state index contributed by atoms with van der Waals surface area (Å²) in [6, 6.07) is 3.07. The molecule has 9 nitrogen and oxygen atoms in total. The number of rotatable bonds is 5. The molecule has 1 aliphatic rings. The molecule has 0 amide bonds. The zero-order valence-electron chi connectivity index (χ0n) is 20.0. The fourth-order valence-electron chi connectivity index (χ4n) is 4.04. The van der Waals surface area contributed by atoms with E-state index in [1.54, 1.807) is 0 Å². The molecule has 1 atom stereocenters. The van der Waals surface area contributed by atoms with E-state index in [-0.39, 0.29) is 27.0 Å². The maximum absolute atomic E-state index is 13.3. The van der Waals surface area contributed by atoms with Crippen LogP contribution in [0.4, 0.5) is 19.1 Å². The number of hydrogen-bond acceptors (Lipinski definition) is 8. The van der Waals surface area contributed by atoms with Crippen molar-refractivity contribution in [3.8, 4) is 17.3 Å². The van der Waals surface area contributed by atoms with Crippen LogP contribution in [0.25, 0.3) is 22.3 Å². The average Bonchev–Trinajstić information content (AvgIpc) is 3.32. The number of aromatic amines is 1. The molecule has 5 rings (SSSR count). The summed E-state index contributed by atoms with van der Waals surface area (Å²) < 4.78 is 40.5. The van der Waals surface area contributed by atoms with Crippen molar-refractivity contribution < 1.29 is 13.2 Å². The van der Waals surface area contributed by atoms with Crippen LogP contribution >= 0.6 is 0 Å². The molecule has 5 heterocycles. The van der Waals surface area contributed by atoms with Crippen molar-refractivity contribution >= 4 is 37.3 Å². The van der Waals surface area contributed by atoms with E-state index < -0.39 is 27.5 Å². The van der Waals surface area contributed by atoms with Crippen molar-refractivity contribution in [1.29, 1.82) is 5.26 Å². The normalized spacial score (nSPS) is 15.9. The second kappa shape index (κ2) is 10.1. The van der Waals surface area contributed by atoms with Crippen molar-refractivity contribution in [3.63, 3.8) is 0 Å². The molecular formula is C24H22AsF3N9. The van der Waals surface area contributed by atoms with Crippen molar-refractivity contribution in [2.45, 2.75) is 17.8 Å². The van der Waals surface area contributed by atoms with Crippen LogP contribution in [0, 0.1) is 11.3 Å². The van der Waals surface area contributed by atoms with Crippen LogP contribution < -0.4 is 9.51 Å². The summed E-state index contributed by atoms with van der Waals surface area (Å²) in [6.45, 7) is 5.74. The predicted octanol–water partition coefficient (Wildman–Crippen LogP) is 2.54. The standard InChI is InChI=1S/C24H22AsF3N9/c1-14(16-10-33-23(34-11-16)37-5-3-36(2)4-6-37)25-22-32-9-15(8-29)20(35-22)19-13-31-21-18(19)7-17(12-30-21)24(26,27)28/h7,9-14H,3-6H2,1-2H3,(H,30,31). The molecule has 1 N–H and O–H groups in total. The first-order valence-corrected chi connectivity index (χ1v) is 13.5. The third kappa shape index (κ3) is 5.28. The summed E-state index contributed by atoms with van der Waals surface area (Å²) in [5.74, 6) is 0.711. The minimum atomic E-state index is -4.54. The molecule has 189 valence electrons. The number of aromatic nitrogens is 6. The van der Waals surface area contributed by atoms with Crippen molar-refractivity contribution in [3.05, 3.63) is 53.7 Å². The van der Waals surface area contributed by atoms with Gasteiger partial charge < -0.3 is 0 Å². The Hall–Kier alpha value is -3.55. The zero-order valence-corrected chi connectivity index (χ0v) is 21.9. The van der Waals surface area contributed by atoms with E-state index in [4.69, 9.17) is 0 Å². The van der Waals surface area contributed by atoms with E-state index in [9.17, 15) is 18.4 Å². The van der Waals surface area contributed by atoms with Gasteiger partial charge in [-0.25, -0.2) is 0 Å². The summed E-state index contributed by atoms with van der Waals surface area (Å²) in [5.41, 5.74) is 1.21. The number of pyridine rings is 1. The molecule has 0 aromatic carbocycles. The molecule has 0 bridgehead atoms. The van der Waals surface area contributed by atoms with E-state index in [0.29, 0.717) is 16.1 Å². The number of likely N-dealkylation sites (N-methyl/N-ethyl adjacent to an activating group) is 1. The number of nitriles is 1. The van der Waals surface area contributed by atoms with Gasteiger partial charge in [0.15, 0.2) is 0 Å². The van der Waals surface area contributed by atoms with Gasteiger partial charge in [-0.05, 0) is 0 Å². The van der Waals surface area contributed by atoms with E-state index >= 15 is 0 Å². The quantitative estimate of drug-likeness (QED) is 0.366. The summed E-state index contributed by atoms with van der Waals surface area (Å²) in [6.07, 6.45) is 2.85. The first-order valence-electron chi connectivity index (χ1n) is 11.5. The van der Waals surface area contributed by atoms with Gasteiger partial charge >= 0.3 is 218 Å². The summed E-state index contributed by atoms with van der Waals surface area (Å²) in [5, 5.41) is 9.86. The summed E-state index contributed by atoms with van der Waals surface area (Å²) in [7, 11) is 2.10. The molecule has 37 heavy (non-hydrogen) atoms. The fraction of sp³-hybridized carbons (Fsp3) is 0.333. The van der Waals surface area contributed by atoms with E-state index in [0.717, 1.165) is 44.0 Å². The molecule has 0 saturated carbocycles. The molecule has 13 heteroatoms. The van der Waals surface area contributed by atoms with Gasteiger partial charge in [0.1, 0.15) is 0 Å². The number of H-pyrrole nitrogens is 1. The zero-order chi connectivity index (χ0) is 26.2. The van der Waals surface area contributed by atoms with Crippen LogP contribution in [-0.4, -0.2) is 83.8 Å². The number of alkyl halides is 3. The summed E-state index contributed by atoms with van der Waals surface area (Å²) in [4.78, 5) is 29.3. The van der Waals surface area contributed by atoms with Gasteiger partial charge in [-0.3, -0.25) is 0 Å². The Kier molecular flexibility index (Phi) is 6.84. The van der Waals surface area contributed by atoms with Crippen molar-refractivity contribution in [2.24, 2.45) is 0 Å². The van der Waals surface area contributed by atoms with Crippen molar-refractivity contribution in [2.75, 3.05) is 38.1 Å². The monoisotopic (exact) mass is 568 g/mol. The van der Waals surface area contributed by atoms with Gasteiger partial charge in [0.2, 0.25) is 0 Å². The second-order valence-corrected chi connectivity index (χ2v) is 11.8. The molecule has 1 saturated heterocycles. The molecule has 4 aromatic rings. The van der Waals surface area contributed by atoms with E-state index in [1.165, 1.54) is 12.4 Å². The van der Waals surface area contributed by atoms with Crippen LogP contribution in [-0.2, 0) is 6.18 Å². The molecule has 1 unspecified atom stereocenters. The Bertz CT molecular complexity index is 1460. The van der Waals surface area contributed by atoms with Crippen molar-refractivity contribution in [1.82, 2.24) is 34.8 Å². The first-order chi connectivity index (χ1) is 17.7. The SMILES string of the molecule is CC([As]c1ncc(C#N)c(-c2c[nH]c3ncc(C(F)(F)F)cc23)n1)c1cnc(N2CCN(C)CC2)nc1. The van der Waals surface area contributed by atoms with Crippen LogP contribution in [0.15, 0.2) is 37.1 Å². The van der Waals surface area contributed by atoms with Crippen LogP contribution in [0.2, 0.25) is 0 Å². The molecular weight excluding hydrogens is 546 g/mol. The molecule has 1 aliphatic heterocycles. The fourth-order valence-corrected chi connectivity index (χ4v) is 5.95. The Morgan fingerprint density at radius 1 is 1.05 bits per heavy atom. The molecule has 4 aromatic heterocycles. The predicted molar refractivity (Wildman–Crippen MR) is 132 cm³/mol. The first kappa shape index (κ1) is 25.1. The van der Waals surface area contributed by atoms with E-state index in [2.05, 4.69) is 46.8 Å². The number of hydrogen-bond donors (Lipinski definition) is 1. The van der Waals surface area contributed by atoms with Gasteiger partial charge in [-0.15, -0.1) is 0 Å². The third-order valence-electron chi connectivity index (χ3n) is 6.25. The molecule has 1 fully saturated rings. The Balaban J connectivity index is 1.40. The maximum atomic E-state index is 13.3. The van der Waals surface area contributed by atoms with Crippen LogP contribution in [0.3, 0.4) is 0 Å². The number of anilines is 1. The Morgan fingerprint density at radius 2 is 1.78 bits per heavy atom. The Labute approximate surface area is 217 Å². The van der Waals surface area contributed by atoms with Gasteiger partial charge in [-0.2, -0.15) is 0 Å². The van der Waals surface area contributed by atoms with Gasteiger partial charge in [0.25, 0.3) is 0 Å².